The van der Waals surface area contributed by atoms with E-state index in [1.165, 1.54) is 5.56 Å². The molecule has 0 aliphatic rings. The first-order chi connectivity index (χ1) is 13.8. The first-order valence-corrected chi connectivity index (χ1v) is 9.57. The number of aryl methyl sites for hydroxylation is 1. The molecular formula is C21H27N7O. The lowest BCUT2D eigenvalue weighted by Gasteiger charge is -2.19. The molecular weight excluding hydrogens is 366 g/mol. The van der Waals surface area contributed by atoms with Crippen molar-refractivity contribution in [1.29, 1.82) is 0 Å². The zero-order chi connectivity index (χ0) is 20.9. The largest absolute Gasteiger partial charge is 0.367 e. The summed E-state index contributed by atoms with van der Waals surface area (Å²) in [6.45, 7) is 9.38. The lowest BCUT2D eigenvalue weighted by molar-refractivity contribution is 0.252. The summed E-state index contributed by atoms with van der Waals surface area (Å²) in [5.74, 6) is 1.29. The van der Waals surface area contributed by atoms with E-state index >= 15 is 0 Å². The Morgan fingerprint density at radius 1 is 1.00 bits per heavy atom. The van der Waals surface area contributed by atoms with Gasteiger partial charge in [-0.15, -0.1) is 10.2 Å². The Balaban J connectivity index is 1.40. The van der Waals surface area contributed by atoms with Gasteiger partial charge in [0.25, 0.3) is 0 Å². The molecule has 0 saturated heterocycles. The second-order valence-electron chi connectivity index (χ2n) is 7.81. The van der Waals surface area contributed by atoms with Gasteiger partial charge in [-0.1, -0.05) is 32.9 Å². The number of carbonyl (C=O) groups excluding carboxylic acids is 1. The summed E-state index contributed by atoms with van der Waals surface area (Å²) in [5.41, 5.74) is 3.00. The molecule has 0 bridgehead atoms. The first kappa shape index (κ1) is 20.3. The van der Waals surface area contributed by atoms with Gasteiger partial charge in [-0.05, 0) is 48.2 Å². The number of urea groups is 1. The lowest BCUT2D eigenvalue weighted by atomic mass is 9.87. The topological polar surface area (TPSA) is 96.8 Å². The van der Waals surface area contributed by atoms with Gasteiger partial charge in [-0.25, -0.2) is 9.48 Å². The molecule has 0 fully saturated rings. The maximum Gasteiger partial charge on any atom is 0.319 e. The van der Waals surface area contributed by atoms with Crippen molar-refractivity contribution >= 4 is 17.5 Å². The number of anilines is 2. The minimum atomic E-state index is -0.245. The molecule has 0 saturated carbocycles. The minimum absolute atomic E-state index is 0.0882. The van der Waals surface area contributed by atoms with Crippen molar-refractivity contribution in [1.82, 2.24) is 25.3 Å². The fraction of sp³-hybridized carbons (Fsp3) is 0.333. The number of nitrogens with one attached hydrogen (secondary N) is 3. The van der Waals surface area contributed by atoms with Crippen LogP contribution in [0.5, 0.6) is 0 Å². The summed E-state index contributed by atoms with van der Waals surface area (Å²) in [4.78, 5) is 12.0. The third kappa shape index (κ3) is 5.78. The highest BCUT2D eigenvalue weighted by Crippen LogP contribution is 2.23. The third-order valence-corrected chi connectivity index (χ3v) is 4.33. The molecule has 2 heterocycles. The zero-order valence-electron chi connectivity index (χ0n) is 17.2. The Labute approximate surface area is 170 Å². The Hall–Kier alpha value is -3.42. The van der Waals surface area contributed by atoms with Crippen molar-refractivity contribution in [3.8, 4) is 5.82 Å². The second kappa shape index (κ2) is 8.72. The van der Waals surface area contributed by atoms with Crippen LogP contribution in [0.1, 0.15) is 32.0 Å². The summed E-state index contributed by atoms with van der Waals surface area (Å²) in [5, 5.41) is 21.3. The van der Waals surface area contributed by atoms with Crippen molar-refractivity contribution < 1.29 is 4.79 Å². The molecule has 8 nitrogen and oxygen atoms in total. The molecule has 3 aromatic rings. The SMILES string of the molecule is Cc1ccn(-c2ccc(NCCNC(=O)Nc3ccc(C(C)(C)C)cc3)nn2)n1. The van der Waals surface area contributed by atoms with E-state index < -0.39 is 0 Å². The van der Waals surface area contributed by atoms with Crippen LogP contribution >= 0.6 is 0 Å². The van der Waals surface area contributed by atoms with Crippen molar-refractivity contribution in [2.24, 2.45) is 0 Å². The molecule has 1 aromatic carbocycles. The number of hydrogen-bond donors (Lipinski definition) is 3. The highest BCUT2D eigenvalue weighted by molar-refractivity contribution is 5.89. The maximum atomic E-state index is 12.0. The van der Waals surface area contributed by atoms with Crippen LogP contribution in [0.2, 0.25) is 0 Å². The van der Waals surface area contributed by atoms with E-state index in [4.69, 9.17) is 0 Å². The monoisotopic (exact) mass is 393 g/mol. The van der Waals surface area contributed by atoms with Gasteiger partial charge in [0.1, 0.15) is 5.82 Å². The van der Waals surface area contributed by atoms with Gasteiger partial charge in [-0.3, -0.25) is 0 Å². The molecule has 2 aromatic heterocycles. The van der Waals surface area contributed by atoms with Gasteiger partial charge in [0.2, 0.25) is 0 Å². The first-order valence-electron chi connectivity index (χ1n) is 9.57. The number of amides is 2. The zero-order valence-corrected chi connectivity index (χ0v) is 17.2. The standard InChI is InChI=1S/C21H27N7O/c1-15-11-14-28(27-15)19-10-9-18(25-26-19)22-12-13-23-20(29)24-17-7-5-16(6-8-17)21(2,3)4/h5-11,14H,12-13H2,1-4H3,(H,22,25)(H2,23,24,29). The maximum absolute atomic E-state index is 12.0. The van der Waals surface area contributed by atoms with Crippen LogP contribution in [0, 0.1) is 6.92 Å². The van der Waals surface area contributed by atoms with Gasteiger partial charge >= 0.3 is 6.03 Å². The summed E-state index contributed by atoms with van der Waals surface area (Å²) >= 11 is 0. The summed E-state index contributed by atoms with van der Waals surface area (Å²) < 4.78 is 1.67. The summed E-state index contributed by atoms with van der Waals surface area (Å²) in [6, 6.07) is 13.2. The van der Waals surface area contributed by atoms with Crippen LogP contribution in [0.3, 0.4) is 0 Å². The molecule has 0 unspecified atom stereocenters. The molecule has 2 amide bonds. The molecule has 0 aliphatic carbocycles. The Bertz CT molecular complexity index is 940. The smallest absolute Gasteiger partial charge is 0.319 e. The van der Waals surface area contributed by atoms with Gasteiger partial charge in [0.05, 0.1) is 5.69 Å². The highest BCUT2D eigenvalue weighted by atomic mass is 16.2. The van der Waals surface area contributed by atoms with Crippen LogP contribution in [0.4, 0.5) is 16.3 Å². The van der Waals surface area contributed by atoms with Gasteiger partial charge < -0.3 is 16.0 Å². The van der Waals surface area contributed by atoms with E-state index in [-0.39, 0.29) is 11.4 Å². The number of nitrogens with zero attached hydrogens (tertiary/aromatic N) is 4. The molecule has 0 spiro atoms. The average molecular weight is 393 g/mol. The molecule has 0 radical (unpaired) electrons. The molecule has 8 heteroatoms. The quantitative estimate of drug-likeness (QED) is 0.557. The van der Waals surface area contributed by atoms with Crippen LogP contribution in [0.25, 0.3) is 5.82 Å². The van der Waals surface area contributed by atoms with E-state index in [9.17, 15) is 4.79 Å². The number of benzene rings is 1. The predicted molar refractivity (Wildman–Crippen MR) is 115 cm³/mol. The van der Waals surface area contributed by atoms with Crippen molar-refractivity contribution in [3.05, 3.63) is 59.9 Å². The van der Waals surface area contributed by atoms with Crippen LogP contribution in [-0.4, -0.2) is 39.1 Å². The molecule has 152 valence electrons. The summed E-state index contributed by atoms with van der Waals surface area (Å²) in [7, 11) is 0. The van der Waals surface area contributed by atoms with Crippen molar-refractivity contribution in [2.75, 3.05) is 23.7 Å². The van der Waals surface area contributed by atoms with E-state index in [0.717, 1.165) is 11.4 Å². The summed E-state index contributed by atoms with van der Waals surface area (Å²) in [6.07, 6.45) is 1.84. The fourth-order valence-corrected chi connectivity index (χ4v) is 2.68. The number of hydrogen-bond acceptors (Lipinski definition) is 5. The Morgan fingerprint density at radius 2 is 1.76 bits per heavy atom. The number of rotatable bonds is 6. The molecule has 0 aliphatic heterocycles. The lowest BCUT2D eigenvalue weighted by Crippen LogP contribution is -2.32. The Morgan fingerprint density at radius 3 is 2.34 bits per heavy atom. The minimum Gasteiger partial charge on any atom is -0.367 e. The molecule has 0 atom stereocenters. The fourth-order valence-electron chi connectivity index (χ4n) is 2.68. The normalized spacial score (nSPS) is 11.2. The van der Waals surface area contributed by atoms with E-state index in [1.807, 2.05) is 55.6 Å². The van der Waals surface area contributed by atoms with E-state index in [1.54, 1.807) is 4.68 Å². The van der Waals surface area contributed by atoms with Gasteiger partial charge in [0, 0.05) is 25.0 Å². The van der Waals surface area contributed by atoms with E-state index in [2.05, 4.69) is 52.0 Å². The van der Waals surface area contributed by atoms with Crippen molar-refractivity contribution in [3.63, 3.8) is 0 Å². The number of aromatic nitrogens is 4. The molecule has 29 heavy (non-hydrogen) atoms. The average Bonchev–Trinajstić information content (AvgIpc) is 3.12. The highest BCUT2D eigenvalue weighted by Gasteiger charge is 2.13. The Kier molecular flexibility index (Phi) is 6.11. The van der Waals surface area contributed by atoms with Crippen LogP contribution in [-0.2, 0) is 5.41 Å². The predicted octanol–water partition coefficient (Wildman–Crippen LogP) is 3.50. The van der Waals surface area contributed by atoms with Crippen LogP contribution < -0.4 is 16.0 Å². The van der Waals surface area contributed by atoms with E-state index in [0.29, 0.717) is 24.7 Å². The second-order valence-corrected chi connectivity index (χ2v) is 7.81. The molecule has 3 N–H and O–H groups in total. The van der Waals surface area contributed by atoms with Crippen LogP contribution in [0.15, 0.2) is 48.7 Å². The third-order valence-electron chi connectivity index (χ3n) is 4.33. The number of carbonyl (C=O) groups is 1. The molecule has 3 rings (SSSR count). The van der Waals surface area contributed by atoms with Crippen molar-refractivity contribution in [2.45, 2.75) is 33.1 Å². The van der Waals surface area contributed by atoms with Gasteiger partial charge in [0.15, 0.2) is 5.82 Å². The van der Waals surface area contributed by atoms with Gasteiger partial charge in [-0.2, -0.15) is 5.10 Å².